The number of nitrogens with one attached hydrogen (secondary N) is 1. The molecule has 0 aliphatic carbocycles. The van der Waals surface area contributed by atoms with Gasteiger partial charge in [-0.3, -0.25) is 4.79 Å². The fraction of sp³-hybridized carbons (Fsp3) is 0.333. The minimum atomic E-state index is -0.252. The number of pyridine rings is 1. The Hall–Kier alpha value is -1.29. The summed E-state index contributed by atoms with van der Waals surface area (Å²) < 4.78 is 5.14. The summed E-state index contributed by atoms with van der Waals surface area (Å²) in [5, 5.41) is 2.57. The first-order chi connectivity index (χ1) is 6.76. The molecule has 0 aromatic carbocycles. The number of halogens is 1. The molecule has 14 heavy (non-hydrogen) atoms. The number of hydrogen-bond acceptors (Lipinski definition) is 3. The van der Waals surface area contributed by atoms with Crippen molar-refractivity contribution in [2.24, 2.45) is 0 Å². The lowest BCUT2D eigenvalue weighted by Crippen LogP contribution is -2.12. The lowest BCUT2D eigenvalue weighted by Gasteiger charge is -2.04. The highest BCUT2D eigenvalue weighted by molar-refractivity contribution is 6.29. The van der Waals surface area contributed by atoms with Crippen molar-refractivity contribution in [2.45, 2.75) is 6.92 Å². The van der Waals surface area contributed by atoms with Gasteiger partial charge in [0.05, 0.1) is 18.5 Å². The standard InChI is InChI=1S/C9H11ClN2O2/c1-2-14-9-4-3-7(6-11-9)12-8(13)5-10/h3-4,6H,2,5H2,1H3,(H,12,13). The topological polar surface area (TPSA) is 51.2 Å². The van der Waals surface area contributed by atoms with E-state index in [0.717, 1.165) is 0 Å². The van der Waals surface area contributed by atoms with E-state index in [4.69, 9.17) is 16.3 Å². The van der Waals surface area contributed by atoms with Gasteiger partial charge in [-0.1, -0.05) is 0 Å². The smallest absolute Gasteiger partial charge is 0.239 e. The van der Waals surface area contributed by atoms with Crippen molar-refractivity contribution < 1.29 is 9.53 Å². The van der Waals surface area contributed by atoms with E-state index >= 15 is 0 Å². The minimum Gasteiger partial charge on any atom is -0.478 e. The molecule has 1 heterocycles. The molecule has 1 rings (SSSR count). The molecule has 1 N–H and O–H groups in total. The number of aromatic nitrogens is 1. The number of nitrogens with zero attached hydrogens (tertiary/aromatic N) is 1. The molecule has 0 bridgehead atoms. The third-order valence-corrected chi connectivity index (χ3v) is 1.68. The molecule has 4 nitrogen and oxygen atoms in total. The van der Waals surface area contributed by atoms with E-state index in [1.54, 1.807) is 12.1 Å². The molecule has 0 aliphatic heterocycles. The highest BCUT2D eigenvalue weighted by atomic mass is 35.5. The number of carbonyl (C=O) groups excluding carboxylic acids is 1. The first-order valence-corrected chi connectivity index (χ1v) is 4.74. The Morgan fingerprint density at radius 3 is 2.93 bits per heavy atom. The number of rotatable bonds is 4. The fourth-order valence-corrected chi connectivity index (χ4v) is 0.949. The molecule has 76 valence electrons. The number of alkyl halides is 1. The summed E-state index contributed by atoms with van der Waals surface area (Å²) in [7, 11) is 0. The Bertz CT molecular complexity index is 300. The summed E-state index contributed by atoms with van der Waals surface area (Å²) in [5.74, 6) is 0.224. The van der Waals surface area contributed by atoms with Gasteiger partial charge >= 0.3 is 0 Å². The molecule has 1 aromatic rings. The molecule has 0 spiro atoms. The van der Waals surface area contributed by atoms with Crippen LogP contribution in [0.3, 0.4) is 0 Å². The maximum atomic E-state index is 10.9. The zero-order chi connectivity index (χ0) is 10.4. The molecule has 0 saturated heterocycles. The summed E-state index contributed by atoms with van der Waals surface area (Å²) >= 11 is 5.33. The summed E-state index contributed by atoms with van der Waals surface area (Å²) in [4.78, 5) is 14.9. The minimum absolute atomic E-state index is 0.0623. The van der Waals surface area contributed by atoms with Gasteiger partial charge < -0.3 is 10.1 Å². The highest BCUT2D eigenvalue weighted by Gasteiger charge is 2.00. The molecular weight excluding hydrogens is 204 g/mol. The number of anilines is 1. The van der Waals surface area contributed by atoms with E-state index < -0.39 is 0 Å². The fourth-order valence-electron chi connectivity index (χ4n) is 0.882. The van der Waals surface area contributed by atoms with Gasteiger partial charge in [0.15, 0.2) is 0 Å². The zero-order valence-corrected chi connectivity index (χ0v) is 8.54. The second-order valence-corrected chi connectivity index (χ2v) is 2.77. The number of ether oxygens (including phenoxy) is 1. The van der Waals surface area contributed by atoms with Gasteiger partial charge in [0, 0.05) is 6.07 Å². The lowest BCUT2D eigenvalue weighted by molar-refractivity contribution is -0.113. The van der Waals surface area contributed by atoms with Gasteiger partial charge in [0.1, 0.15) is 5.88 Å². The Balaban J connectivity index is 2.59. The first-order valence-electron chi connectivity index (χ1n) is 4.21. The second kappa shape index (κ2) is 5.44. The molecular formula is C9H11ClN2O2. The van der Waals surface area contributed by atoms with Crippen molar-refractivity contribution in [1.29, 1.82) is 0 Å². The van der Waals surface area contributed by atoms with Gasteiger partial charge in [0.2, 0.25) is 11.8 Å². The maximum absolute atomic E-state index is 10.9. The maximum Gasteiger partial charge on any atom is 0.239 e. The molecule has 0 unspecified atom stereocenters. The van der Waals surface area contributed by atoms with Crippen LogP contribution in [0.2, 0.25) is 0 Å². The van der Waals surface area contributed by atoms with Crippen LogP contribution in [0.25, 0.3) is 0 Å². The van der Waals surface area contributed by atoms with Crippen LogP contribution in [-0.2, 0) is 4.79 Å². The molecule has 0 radical (unpaired) electrons. The third kappa shape index (κ3) is 3.22. The normalized spacial score (nSPS) is 9.57. The third-order valence-electron chi connectivity index (χ3n) is 1.43. The van der Waals surface area contributed by atoms with Crippen LogP contribution in [0.1, 0.15) is 6.92 Å². The Morgan fingerprint density at radius 1 is 1.64 bits per heavy atom. The van der Waals surface area contributed by atoms with Gasteiger partial charge in [-0.15, -0.1) is 11.6 Å². The van der Waals surface area contributed by atoms with Crippen molar-refractivity contribution in [3.05, 3.63) is 18.3 Å². The molecule has 0 aliphatic rings. The summed E-state index contributed by atoms with van der Waals surface area (Å²) in [5.41, 5.74) is 0.610. The van der Waals surface area contributed by atoms with E-state index in [2.05, 4.69) is 10.3 Å². The molecule has 1 amide bonds. The zero-order valence-electron chi connectivity index (χ0n) is 7.79. The van der Waals surface area contributed by atoms with E-state index in [9.17, 15) is 4.79 Å². The summed E-state index contributed by atoms with van der Waals surface area (Å²) in [6.07, 6.45) is 1.52. The van der Waals surface area contributed by atoms with Crippen molar-refractivity contribution in [1.82, 2.24) is 4.98 Å². The van der Waals surface area contributed by atoms with Crippen LogP contribution in [0.4, 0.5) is 5.69 Å². The molecule has 1 aromatic heterocycles. The summed E-state index contributed by atoms with van der Waals surface area (Å²) in [6, 6.07) is 3.40. The van der Waals surface area contributed by atoms with Crippen LogP contribution < -0.4 is 10.1 Å². The largest absolute Gasteiger partial charge is 0.478 e. The van der Waals surface area contributed by atoms with Crippen LogP contribution >= 0.6 is 11.6 Å². The van der Waals surface area contributed by atoms with Gasteiger partial charge in [-0.05, 0) is 13.0 Å². The van der Waals surface area contributed by atoms with Crippen molar-refractivity contribution in [2.75, 3.05) is 17.8 Å². The van der Waals surface area contributed by atoms with Crippen LogP contribution in [0.5, 0.6) is 5.88 Å². The van der Waals surface area contributed by atoms with Gasteiger partial charge in [-0.2, -0.15) is 0 Å². The first kappa shape index (κ1) is 10.8. The van der Waals surface area contributed by atoms with Crippen molar-refractivity contribution in [3.8, 4) is 5.88 Å². The van der Waals surface area contributed by atoms with Crippen LogP contribution in [0, 0.1) is 0 Å². The van der Waals surface area contributed by atoms with E-state index in [1.165, 1.54) is 6.20 Å². The van der Waals surface area contributed by atoms with Crippen molar-refractivity contribution >= 4 is 23.2 Å². The monoisotopic (exact) mass is 214 g/mol. The van der Waals surface area contributed by atoms with Gasteiger partial charge in [-0.25, -0.2) is 4.98 Å². The Kier molecular flexibility index (Phi) is 4.19. The van der Waals surface area contributed by atoms with E-state index in [0.29, 0.717) is 18.2 Å². The molecule has 0 saturated carbocycles. The Labute approximate surface area is 87.2 Å². The number of carbonyl (C=O) groups is 1. The van der Waals surface area contributed by atoms with Gasteiger partial charge in [0.25, 0.3) is 0 Å². The molecule has 0 fully saturated rings. The SMILES string of the molecule is CCOc1ccc(NC(=O)CCl)cn1. The number of hydrogen-bond donors (Lipinski definition) is 1. The summed E-state index contributed by atoms with van der Waals surface area (Å²) in [6.45, 7) is 2.45. The lowest BCUT2D eigenvalue weighted by atomic mass is 10.4. The Morgan fingerprint density at radius 2 is 2.43 bits per heavy atom. The molecule has 5 heteroatoms. The van der Waals surface area contributed by atoms with E-state index in [1.807, 2.05) is 6.92 Å². The van der Waals surface area contributed by atoms with E-state index in [-0.39, 0.29) is 11.8 Å². The average Bonchev–Trinajstić information content (AvgIpc) is 2.21. The number of amides is 1. The van der Waals surface area contributed by atoms with Crippen LogP contribution in [-0.4, -0.2) is 23.4 Å². The van der Waals surface area contributed by atoms with Crippen LogP contribution in [0.15, 0.2) is 18.3 Å². The van der Waals surface area contributed by atoms with Crippen molar-refractivity contribution in [3.63, 3.8) is 0 Å². The highest BCUT2D eigenvalue weighted by Crippen LogP contribution is 2.11. The quantitative estimate of drug-likeness (QED) is 0.776. The second-order valence-electron chi connectivity index (χ2n) is 2.50. The average molecular weight is 215 g/mol. The predicted octanol–water partition coefficient (Wildman–Crippen LogP) is 1.66. The predicted molar refractivity (Wildman–Crippen MR) is 54.8 cm³/mol. The molecule has 0 atom stereocenters.